The van der Waals surface area contributed by atoms with Gasteiger partial charge in [-0.2, -0.15) is 16.8 Å². The van der Waals surface area contributed by atoms with Crippen LogP contribution in [0.15, 0.2) is 107 Å². The van der Waals surface area contributed by atoms with Crippen molar-refractivity contribution in [3.8, 4) is 11.1 Å². The summed E-state index contributed by atoms with van der Waals surface area (Å²) in [7, 11) is -8.61. The van der Waals surface area contributed by atoms with Crippen LogP contribution in [-0.4, -0.2) is 85.1 Å². The third-order valence-corrected chi connectivity index (χ3v) is 7.31. The molecule has 4 aromatic rings. The second-order valence-electron chi connectivity index (χ2n) is 7.94. The Kier molecular flexibility index (Phi) is 11.9. The van der Waals surface area contributed by atoms with E-state index in [9.17, 15) is 25.9 Å². The van der Waals surface area contributed by atoms with Crippen LogP contribution in [0.5, 0.6) is 0 Å². The minimum absolute atomic E-state index is 0. The Morgan fingerprint density at radius 2 is 0.763 bits per heavy atom. The van der Waals surface area contributed by atoms with Crippen molar-refractivity contribution in [3.63, 3.8) is 0 Å². The van der Waals surface area contributed by atoms with Gasteiger partial charge in [-0.3, -0.25) is 9.11 Å². The monoisotopic (exact) mass is 564 g/mol. The fourth-order valence-corrected chi connectivity index (χ4v) is 5.02. The van der Waals surface area contributed by atoms with Crippen LogP contribution in [0.3, 0.4) is 0 Å². The molecular weight excluding hydrogens is 542 g/mol. The van der Waals surface area contributed by atoms with Crippen molar-refractivity contribution in [2.45, 2.75) is 9.79 Å². The van der Waals surface area contributed by atoms with Crippen LogP contribution < -0.4 is 0 Å². The fraction of sp³-hybridized carbons (Fsp3) is 0. The van der Waals surface area contributed by atoms with Gasteiger partial charge in [-0.1, -0.05) is 109 Å². The minimum Gasteiger partial charge on any atom is -0.282 e. The summed E-state index contributed by atoms with van der Waals surface area (Å²) in [4.78, 5) is -0.290. The average molecular weight is 565 g/mol. The molecule has 0 unspecified atom stereocenters. The van der Waals surface area contributed by atoms with Gasteiger partial charge in [-0.25, -0.2) is 0 Å². The zero-order valence-corrected chi connectivity index (χ0v) is 26.5. The molecule has 0 spiro atoms. The van der Waals surface area contributed by atoms with Crippen molar-refractivity contribution in [3.05, 3.63) is 119 Å². The Labute approximate surface area is 267 Å². The first-order valence-electron chi connectivity index (χ1n) is 10.8. The molecule has 0 aliphatic heterocycles. The van der Waals surface area contributed by atoms with Gasteiger partial charge in [0.15, 0.2) is 0 Å². The van der Waals surface area contributed by atoms with Gasteiger partial charge >= 0.3 is 0 Å². The normalized spacial score (nSPS) is 11.7. The van der Waals surface area contributed by atoms with E-state index in [0.29, 0.717) is 11.1 Å². The SMILES string of the molecule is O=S(=O)(O)c1ccccc1/C=C/c1ccc(-c2ccc(/C=C/c3ccccc3S(=O)(=O)O)cc2)cc1.[Na].[Na]. The summed E-state index contributed by atoms with van der Waals surface area (Å²) in [6, 6.07) is 27.8. The van der Waals surface area contributed by atoms with Crippen LogP contribution in [-0.2, 0) is 20.2 Å². The molecule has 10 heteroatoms. The Morgan fingerprint density at radius 1 is 0.447 bits per heavy atom. The summed E-state index contributed by atoms with van der Waals surface area (Å²) >= 11 is 0. The smallest absolute Gasteiger partial charge is 0.282 e. The first kappa shape index (κ1) is 32.4. The van der Waals surface area contributed by atoms with E-state index >= 15 is 0 Å². The van der Waals surface area contributed by atoms with Gasteiger partial charge in [0.05, 0.1) is 0 Å². The van der Waals surface area contributed by atoms with E-state index < -0.39 is 20.2 Å². The molecule has 0 saturated heterocycles. The molecule has 38 heavy (non-hydrogen) atoms. The molecule has 0 amide bonds. The van der Waals surface area contributed by atoms with Crippen LogP contribution in [0.1, 0.15) is 22.3 Å². The number of hydrogen-bond donors (Lipinski definition) is 2. The maximum Gasteiger partial charge on any atom is 0.295 e. The molecule has 0 atom stereocenters. The van der Waals surface area contributed by atoms with Gasteiger partial charge in [0.1, 0.15) is 9.79 Å². The van der Waals surface area contributed by atoms with Gasteiger partial charge < -0.3 is 0 Å². The third kappa shape index (κ3) is 8.59. The summed E-state index contributed by atoms with van der Waals surface area (Å²) < 4.78 is 64.9. The molecule has 4 aromatic carbocycles. The van der Waals surface area contributed by atoms with Crippen molar-refractivity contribution in [2.75, 3.05) is 0 Å². The molecule has 0 aromatic heterocycles. The molecule has 4 rings (SSSR count). The molecule has 0 saturated carbocycles. The molecule has 184 valence electrons. The first-order valence-corrected chi connectivity index (χ1v) is 13.7. The van der Waals surface area contributed by atoms with Crippen LogP contribution >= 0.6 is 0 Å². The Balaban J connectivity index is 0.00000253. The molecular formula is C28H22Na2O6S2. The molecule has 2 radical (unpaired) electrons. The first-order chi connectivity index (χ1) is 17.1. The number of rotatable bonds is 7. The van der Waals surface area contributed by atoms with Gasteiger partial charge in [-0.15, -0.1) is 0 Å². The fourth-order valence-electron chi connectivity index (χ4n) is 3.65. The maximum atomic E-state index is 11.5. The zero-order chi connectivity index (χ0) is 25.8. The predicted octanol–water partition coefficient (Wildman–Crippen LogP) is 5.43. The Hall–Kier alpha value is -1.82. The molecule has 0 heterocycles. The van der Waals surface area contributed by atoms with E-state index in [4.69, 9.17) is 0 Å². The summed E-state index contributed by atoms with van der Waals surface area (Å²) in [5.41, 5.74) is 4.48. The quantitative estimate of drug-likeness (QED) is 0.176. The second-order valence-corrected chi connectivity index (χ2v) is 10.7. The van der Waals surface area contributed by atoms with E-state index in [1.807, 2.05) is 48.5 Å². The predicted molar refractivity (Wildman–Crippen MR) is 154 cm³/mol. The molecule has 6 nitrogen and oxygen atoms in total. The molecule has 0 aliphatic carbocycles. The van der Waals surface area contributed by atoms with Gasteiger partial charge in [0.2, 0.25) is 0 Å². The van der Waals surface area contributed by atoms with Gasteiger partial charge in [0.25, 0.3) is 20.2 Å². The molecule has 0 aliphatic rings. The molecule has 0 fully saturated rings. The van der Waals surface area contributed by atoms with Crippen LogP contribution in [0, 0.1) is 0 Å². The van der Waals surface area contributed by atoms with Gasteiger partial charge in [0, 0.05) is 59.1 Å². The minimum atomic E-state index is -4.31. The van der Waals surface area contributed by atoms with Crippen LogP contribution in [0.4, 0.5) is 0 Å². The summed E-state index contributed by atoms with van der Waals surface area (Å²) in [5, 5.41) is 0. The topological polar surface area (TPSA) is 109 Å². The third-order valence-electron chi connectivity index (χ3n) is 5.46. The van der Waals surface area contributed by atoms with Crippen molar-refractivity contribution in [1.82, 2.24) is 0 Å². The van der Waals surface area contributed by atoms with E-state index in [0.717, 1.165) is 22.3 Å². The number of benzene rings is 4. The van der Waals surface area contributed by atoms with E-state index in [1.54, 1.807) is 60.7 Å². The summed E-state index contributed by atoms with van der Waals surface area (Å²) in [6.45, 7) is 0. The van der Waals surface area contributed by atoms with Crippen molar-refractivity contribution in [2.24, 2.45) is 0 Å². The Morgan fingerprint density at radius 3 is 1.08 bits per heavy atom. The standard InChI is InChI=1S/C28H22O6S2.2Na/c29-35(30,31)27-7-3-1-5-25(27)19-13-21-9-15-23(16-10-21)24-17-11-22(12-18-24)14-20-26-6-2-4-8-28(26)36(32,33)34;;/h1-20H,(H,29,30,31)(H,32,33,34);;/b19-13+,20-14+;;. The molecule has 2 N–H and O–H groups in total. The molecule has 0 bridgehead atoms. The number of hydrogen-bond acceptors (Lipinski definition) is 4. The van der Waals surface area contributed by atoms with Crippen molar-refractivity contribution >= 4 is 104 Å². The zero-order valence-electron chi connectivity index (χ0n) is 20.9. The summed E-state index contributed by atoms with van der Waals surface area (Å²) in [6.07, 6.45) is 6.82. The van der Waals surface area contributed by atoms with Gasteiger partial charge in [-0.05, 0) is 45.5 Å². The van der Waals surface area contributed by atoms with Crippen LogP contribution in [0.25, 0.3) is 35.4 Å². The summed E-state index contributed by atoms with van der Waals surface area (Å²) in [5.74, 6) is 0. The largest absolute Gasteiger partial charge is 0.295 e. The van der Waals surface area contributed by atoms with E-state index in [-0.39, 0.29) is 68.9 Å². The average Bonchev–Trinajstić information content (AvgIpc) is 2.86. The maximum absolute atomic E-state index is 11.5. The van der Waals surface area contributed by atoms with Crippen LogP contribution in [0.2, 0.25) is 0 Å². The van der Waals surface area contributed by atoms with Crippen molar-refractivity contribution < 1.29 is 25.9 Å². The van der Waals surface area contributed by atoms with E-state index in [1.165, 1.54) is 12.1 Å². The van der Waals surface area contributed by atoms with Crippen molar-refractivity contribution in [1.29, 1.82) is 0 Å². The van der Waals surface area contributed by atoms with E-state index in [2.05, 4.69) is 0 Å². The second kappa shape index (κ2) is 14.0. The Bertz CT molecular complexity index is 1530.